The van der Waals surface area contributed by atoms with Gasteiger partial charge in [0.2, 0.25) is 0 Å². The number of nitrogens with zero attached hydrogens (tertiary/aromatic N) is 2. The third kappa shape index (κ3) is 3.51. The highest BCUT2D eigenvalue weighted by Crippen LogP contribution is 2.37. The number of hydrogen-bond acceptors (Lipinski definition) is 3. The normalized spacial score (nSPS) is 22.0. The summed E-state index contributed by atoms with van der Waals surface area (Å²) < 4.78 is 8.02. The van der Waals surface area contributed by atoms with Crippen molar-refractivity contribution in [2.24, 2.45) is 13.0 Å². The molecule has 1 aliphatic heterocycles. The maximum atomic E-state index is 6.07. The molecule has 0 bridgehead atoms. The molecule has 24 heavy (non-hydrogen) atoms. The first kappa shape index (κ1) is 17.5. The Bertz CT molecular complexity index is 695. The van der Waals surface area contributed by atoms with Crippen LogP contribution < -0.4 is 5.32 Å². The van der Waals surface area contributed by atoms with E-state index in [4.69, 9.17) is 16.3 Å². The fourth-order valence-corrected chi connectivity index (χ4v) is 3.69. The van der Waals surface area contributed by atoms with Crippen LogP contribution in [0.1, 0.15) is 48.0 Å². The highest BCUT2D eigenvalue weighted by molar-refractivity contribution is 6.30. The molecule has 1 aromatic carbocycles. The van der Waals surface area contributed by atoms with Crippen LogP contribution in [-0.2, 0) is 11.8 Å². The molecule has 0 amide bonds. The highest BCUT2D eigenvalue weighted by Gasteiger charge is 2.33. The van der Waals surface area contributed by atoms with Gasteiger partial charge >= 0.3 is 0 Å². The number of aryl methyl sites for hydroxylation is 2. The van der Waals surface area contributed by atoms with Gasteiger partial charge in [-0.15, -0.1) is 0 Å². The average Bonchev–Trinajstić information content (AvgIpc) is 3.10. The Morgan fingerprint density at radius 2 is 2.04 bits per heavy atom. The molecule has 1 aliphatic rings. The summed E-state index contributed by atoms with van der Waals surface area (Å²) in [5, 5.41) is 8.98. The number of halogens is 1. The number of hydrogen-bond donors (Lipinski definition) is 1. The largest absolute Gasteiger partial charge is 0.373 e. The van der Waals surface area contributed by atoms with Crippen LogP contribution in [0.25, 0.3) is 0 Å². The molecule has 5 heteroatoms. The van der Waals surface area contributed by atoms with Gasteiger partial charge in [0.05, 0.1) is 11.8 Å². The van der Waals surface area contributed by atoms with Crippen molar-refractivity contribution in [2.75, 3.05) is 13.2 Å². The smallest absolute Gasteiger partial charge is 0.0901 e. The molecule has 0 unspecified atom stereocenters. The molecule has 0 spiro atoms. The maximum absolute atomic E-state index is 6.07. The van der Waals surface area contributed by atoms with Gasteiger partial charge in [0.25, 0.3) is 0 Å². The summed E-state index contributed by atoms with van der Waals surface area (Å²) in [5.74, 6) is 0.473. The molecule has 0 saturated carbocycles. The molecule has 3 rings (SSSR count). The van der Waals surface area contributed by atoms with Gasteiger partial charge in [-0.2, -0.15) is 5.10 Å². The van der Waals surface area contributed by atoms with E-state index in [1.54, 1.807) is 0 Å². The lowest BCUT2D eigenvalue weighted by Gasteiger charge is -2.22. The molecule has 0 radical (unpaired) electrons. The van der Waals surface area contributed by atoms with Crippen molar-refractivity contribution in [3.05, 3.63) is 51.8 Å². The van der Waals surface area contributed by atoms with Crippen molar-refractivity contribution >= 4 is 11.6 Å². The van der Waals surface area contributed by atoms with Crippen LogP contribution in [0.3, 0.4) is 0 Å². The van der Waals surface area contributed by atoms with Crippen molar-refractivity contribution in [2.45, 2.75) is 39.3 Å². The van der Waals surface area contributed by atoms with E-state index in [2.05, 4.69) is 43.3 Å². The summed E-state index contributed by atoms with van der Waals surface area (Å²) in [6.07, 6.45) is 1.22. The second-order valence-electron chi connectivity index (χ2n) is 6.73. The molecule has 1 fully saturated rings. The Morgan fingerprint density at radius 1 is 1.33 bits per heavy atom. The number of rotatable bonds is 5. The van der Waals surface area contributed by atoms with Crippen LogP contribution in [0, 0.1) is 19.8 Å². The summed E-state index contributed by atoms with van der Waals surface area (Å²) >= 11 is 5.97. The average molecular weight is 348 g/mol. The summed E-state index contributed by atoms with van der Waals surface area (Å²) in [6.45, 7) is 8.14. The Balaban J connectivity index is 1.67. The van der Waals surface area contributed by atoms with Crippen LogP contribution >= 0.6 is 11.6 Å². The van der Waals surface area contributed by atoms with E-state index in [-0.39, 0.29) is 6.10 Å². The van der Waals surface area contributed by atoms with Crippen molar-refractivity contribution in [3.63, 3.8) is 0 Å². The highest BCUT2D eigenvalue weighted by atomic mass is 35.5. The standard InChI is InChI=1S/C19H26ClN3O/c1-12(15-5-7-17(20)8-6-15)21-11-16-9-10-24-19(16)18-13(2)22-23(4)14(18)3/h5-8,12,16,19,21H,9-11H2,1-4H3/t12-,16+,19+/m0/s1. The van der Waals surface area contributed by atoms with Gasteiger partial charge < -0.3 is 10.1 Å². The second kappa shape index (κ2) is 7.26. The van der Waals surface area contributed by atoms with E-state index in [1.165, 1.54) is 16.8 Å². The van der Waals surface area contributed by atoms with Gasteiger partial charge in [0.1, 0.15) is 0 Å². The Hall–Kier alpha value is -1.36. The number of benzene rings is 1. The van der Waals surface area contributed by atoms with E-state index >= 15 is 0 Å². The number of ether oxygens (including phenoxy) is 1. The van der Waals surface area contributed by atoms with Crippen molar-refractivity contribution in [1.29, 1.82) is 0 Å². The first-order chi connectivity index (χ1) is 11.5. The summed E-state index contributed by atoms with van der Waals surface area (Å²) in [4.78, 5) is 0. The van der Waals surface area contributed by atoms with Gasteiger partial charge in [-0.05, 0) is 44.9 Å². The first-order valence-electron chi connectivity index (χ1n) is 8.58. The quantitative estimate of drug-likeness (QED) is 0.884. The predicted octanol–water partition coefficient (Wildman–Crippen LogP) is 4.12. The predicted molar refractivity (Wildman–Crippen MR) is 97.4 cm³/mol. The van der Waals surface area contributed by atoms with Crippen molar-refractivity contribution in [3.8, 4) is 0 Å². The van der Waals surface area contributed by atoms with Gasteiger partial charge in [-0.25, -0.2) is 0 Å². The van der Waals surface area contributed by atoms with E-state index in [0.29, 0.717) is 12.0 Å². The molecule has 2 aromatic rings. The van der Waals surface area contributed by atoms with E-state index in [0.717, 1.165) is 30.3 Å². The lowest BCUT2D eigenvalue weighted by atomic mass is 9.93. The summed E-state index contributed by atoms with van der Waals surface area (Å²) in [6, 6.07) is 8.34. The molecule has 1 saturated heterocycles. The van der Waals surface area contributed by atoms with Crippen LogP contribution in [-0.4, -0.2) is 22.9 Å². The van der Waals surface area contributed by atoms with Gasteiger partial charge in [-0.3, -0.25) is 4.68 Å². The van der Waals surface area contributed by atoms with Crippen LogP contribution in [0.15, 0.2) is 24.3 Å². The third-order valence-corrected chi connectivity index (χ3v) is 5.37. The van der Waals surface area contributed by atoms with E-state index in [1.807, 2.05) is 23.9 Å². The first-order valence-corrected chi connectivity index (χ1v) is 8.95. The van der Waals surface area contributed by atoms with Crippen molar-refractivity contribution in [1.82, 2.24) is 15.1 Å². The fraction of sp³-hybridized carbons (Fsp3) is 0.526. The molecule has 1 N–H and O–H groups in total. The molecule has 0 aliphatic carbocycles. The zero-order valence-corrected chi connectivity index (χ0v) is 15.6. The third-order valence-electron chi connectivity index (χ3n) is 5.12. The molecule has 2 heterocycles. The van der Waals surface area contributed by atoms with Gasteiger partial charge in [0.15, 0.2) is 0 Å². The molecule has 130 valence electrons. The van der Waals surface area contributed by atoms with Crippen LogP contribution in [0.5, 0.6) is 0 Å². The topological polar surface area (TPSA) is 39.1 Å². The molecule has 4 nitrogen and oxygen atoms in total. The van der Waals surface area contributed by atoms with Gasteiger partial charge in [0, 0.05) is 48.4 Å². The Labute approximate surface area is 149 Å². The summed E-state index contributed by atoms with van der Waals surface area (Å²) in [5.41, 5.74) is 4.80. The number of nitrogens with one attached hydrogen (secondary N) is 1. The Morgan fingerprint density at radius 3 is 2.67 bits per heavy atom. The molecule has 3 atom stereocenters. The lowest BCUT2D eigenvalue weighted by Crippen LogP contribution is -2.27. The van der Waals surface area contributed by atoms with Crippen molar-refractivity contribution < 1.29 is 4.74 Å². The Kier molecular flexibility index (Phi) is 5.28. The zero-order valence-electron chi connectivity index (χ0n) is 14.8. The summed E-state index contributed by atoms with van der Waals surface area (Å²) in [7, 11) is 2.00. The molecular formula is C19H26ClN3O. The zero-order chi connectivity index (χ0) is 17.3. The lowest BCUT2D eigenvalue weighted by molar-refractivity contribution is 0.0888. The minimum absolute atomic E-state index is 0.142. The van der Waals surface area contributed by atoms with Crippen LogP contribution in [0.4, 0.5) is 0 Å². The SMILES string of the molecule is Cc1nn(C)c(C)c1[C@@H]1OCC[C@@H]1CN[C@@H](C)c1ccc(Cl)cc1. The minimum Gasteiger partial charge on any atom is -0.373 e. The monoisotopic (exact) mass is 347 g/mol. The molecular weight excluding hydrogens is 322 g/mol. The minimum atomic E-state index is 0.142. The van der Waals surface area contributed by atoms with E-state index in [9.17, 15) is 0 Å². The molecule has 1 aromatic heterocycles. The number of aromatic nitrogens is 2. The van der Waals surface area contributed by atoms with Gasteiger partial charge in [-0.1, -0.05) is 23.7 Å². The fourth-order valence-electron chi connectivity index (χ4n) is 3.56. The maximum Gasteiger partial charge on any atom is 0.0901 e. The van der Waals surface area contributed by atoms with E-state index < -0.39 is 0 Å². The van der Waals surface area contributed by atoms with Crippen LogP contribution in [0.2, 0.25) is 5.02 Å². The second-order valence-corrected chi connectivity index (χ2v) is 7.17.